The highest BCUT2D eigenvalue weighted by Crippen LogP contribution is 2.01. The molecule has 0 atom stereocenters. The summed E-state index contributed by atoms with van der Waals surface area (Å²) in [5.41, 5.74) is 0.861. The van der Waals surface area contributed by atoms with Crippen molar-refractivity contribution in [3.8, 4) is 0 Å². The molecule has 3 heteroatoms. The number of hydrogen-bond acceptors (Lipinski definition) is 2. The van der Waals surface area contributed by atoms with Crippen LogP contribution in [0.3, 0.4) is 0 Å². The molecule has 0 bridgehead atoms. The van der Waals surface area contributed by atoms with Gasteiger partial charge in [-0.05, 0) is 18.6 Å². The van der Waals surface area contributed by atoms with Crippen LogP contribution < -0.4 is 5.43 Å². The van der Waals surface area contributed by atoms with Crippen LogP contribution in [0.4, 0.5) is 0 Å². The molecule has 1 aromatic carbocycles. The molecule has 1 rings (SSSR count). The topological polar surface area (TPSA) is 54.4 Å². The van der Waals surface area contributed by atoms with Crippen molar-refractivity contribution in [2.45, 2.75) is 13.3 Å². The summed E-state index contributed by atoms with van der Waals surface area (Å²) in [4.78, 5) is 21.7. The van der Waals surface area contributed by atoms with Crippen molar-refractivity contribution in [3.63, 3.8) is 0 Å². The van der Waals surface area contributed by atoms with E-state index in [1.54, 1.807) is 25.1 Å². The molecule has 0 saturated carbocycles. The highest BCUT2D eigenvalue weighted by atomic mass is 16.4. The van der Waals surface area contributed by atoms with E-state index in [2.05, 4.69) is 0 Å². The van der Waals surface area contributed by atoms with Crippen LogP contribution in [0, 0.1) is 6.92 Å². The van der Waals surface area contributed by atoms with Crippen molar-refractivity contribution in [2.24, 2.45) is 0 Å². The molecule has 3 nitrogen and oxygen atoms in total. The molecule has 0 fully saturated rings. The van der Waals surface area contributed by atoms with Gasteiger partial charge < -0.3 is 5.11 Å². The summed E-state index contributed by atoms with van der Waals surface area (Å²) in [6, 6.07) is 6.45. The fourth-order valence-corrected chi connectivity index (χ4v) is 1.12. The first-order valence-corrected chi connectivity index (χ1v) is 3.92. The smallest absolute Gasteiger partial charge is 0.307 e. The van der Waals surface area contributed by atoms with Crippen LogP contribution in [0.5, 0.6) is 0 Å². The third-order valence-electron chi connectivity index (χ3n) is 1.81. The number of carboxylic acid groups (broad SMARTS) is 1. The van der Waals surface area contributed by atoms with E-state index in [9.17, 15) is 9.59 Å². The number of carboxylic acids is 1. The van der Waals surface area contributed by atoms with E-state index in [0.717, 1.165) is 5.56 Å². The largest absolute Gasteiger partial charge is 0.481 e. The van der Waals surface area contributed by atoms with Crippen LogP contribution >= 0.6 is 0 Å². The minimum absolute atomic E-state index is 0.209. The second-order valence-electron chi connectivity index (χ2n) is 2.81. The highest BCUT2D eigenvalue weighted by molar-refractivity contribution is 5.70. The quantitative estimate of drug-likeness (QED) is 0.734. The van der Waals surface area contributed by atoms with Crippen LogP contribution in [-0.2, 0) is 11.2 Å². The monoisotopic (exact) mass is 178 g/mol. The summed E-state index contributed by atoms with van der Waals surface area (Å²) in [5.74, 6) is -0.980. The van der Waals surface area contributed by atoms with Gasteiger partial charge in [0.15, 0.2) is 5.43 Å². The summed E-state index contributed by atoms with van der Waals surface area (Å²) in [6.45, 7) is 1.74. The SMILES string of the molecule is Cc1ccccc(=O)c1CC(=O)O. The molecule has 0 aliphatic carbocycles. The lowest BCUT2D eigenvalue weighted by Crippen LogP contribution is -2.11. The Morgan fingerprint density at radius 1 is 1.38 bits per heavy atom. The average Bonchev–Trinajstić information content (AvgIpc) is 2.18. The number of hydrogen-bond donors (Lipinski definition) is 1. The van der Waals surface area contributed by atoms with Gasteiger partial charge in [-0.2, -0.15) is 0 Å². The van der Waals surface area contributed by atoms with Gasteiger partial charge in [-0.1, -0.05) is 18.2 Å². The lowest BCUT2D eigenvalue weighted by molar-refractivity contribution is -0.136. The molecule has 0 aliphatic rings. The van der Waals surface area contributed by atoms with Crippen molar-refractivity contribution < 1.29 is 9.90 Å². The Kier molecular flexibility index (Phi) is 2.80. The zero-order chi connectivity index (χ0) is 9.84. The number of carbonyl (C=O) groups is 1. The van der Waals surface area contributed by atoms with Gasteiger partial charge in [-0.15, -0.1) is 0 Å². The molecular weight excluding hydrogens is 168 g/mol. The molecule has 0 amide bonds. The second kappa shape index (κ2) is 3.85. The van der Waals surface area contributed by atoms with Gasteiger partial charge in [-0.3, -0.25) is 9.59 Å². The molecule has 13 heavy (non-hydrogen) atoms. The first kappa shape index (κ1) is 9.45. The minimum atomic E-state index is -0.980. The maximum Gasteiger partial charge on any atom is 0.307 e. The Hall–Kier alpha value is -1.64. The normalized spacial score (nSPS) is 9.62. The molecule has 0 spiro atoms. The Morgan fingerprint density at radius 2 is 2.00 bits per heavy atom. The zero-order valence-electron chi connectivity index (χ0n) is 7.28. The molecule has 0 saturated heterocycles. The van der Waals surface area contributed by atoms with Crippen LogP contribution in [0.25, 0.3) is 0 Å². The van der Waals surface area contributed by atoms with E-state index in [4.69, 9.17) is 5.11 Å². The lowest BCUT2D eigenvalue weighted by atomic mass is 10.1. The second-order valence-corrected chi connectivity index (χ2v) is 2.81. The fourth-order valence-electron chi connectivity index (χ4n) is 1.12. The van der Waals surface area contributed by atoms with Gasteiger partial charge in [0.05, 0.1) is 6.42 Å². The van der Waals surface area contributed by atoms with Crippen molar-refractivity contribution in [1.82, 2.24) is 0 Å². The molecule has 0 unspecified atom stereocenters. The van der Waals surface area contributed by atoms with E-state index in [1.165, 1.54) is 6.07 Å². The lowest BCUT2D eigenvalue weighted by Gasteiger charge is -1.95. The van der Waals surface area contributed by atoms with E-state index >= 15 is 0 Å². The Morgan fingerprint density at radius 3 is 2.62 bits per heavy atom. The predicted molar refractivity (Wildman–Crippen MR) is 48.8 cm³/mol. The van der Waals surface area contributed by atoms with E-state index in [1.807, 2.05) is 0 Å². The molecule has 68 valence electrons. The Balaban J connectivity index is 3.28. The standard InChI is InChI=1S/C10H10O3/c1-7-4-2-3-5-9(11)8(7)6-10(12)13/h2-5H,6H2,1H3,(H,12,13). The van der Waals surface area contributed by atoms with Gasteiger partial charge in [0.25, 0.3) is 0 Å². The van der Waals surface area contributed by atoms with Crippen molar-refractivity contribution in [2.75, 3.05) is 0 Å². The van der Waals surface area contributed by atoms with Crippen LogP contribution in [0.1, 0.15) is 11.1 Å². The van der Waals surface area contributed by atoms with Gasteiger partial charge >= 0.3 is 5.97 Å². The maximum absolute atomic E-state index is 11.3. The predicted octanol–water partition coefficient (Wildman–Crippen LogP) is 0.982. The molecular formula is C10H10O3. The van der Waals surface area contributed by atoms with Gasteiger partial charge in [0.2, 0.25) is 0 Å². The highest BCUT2D eigenvalue weighted by Gasteiger charge is 2.05. The molecule has 0 radical (unpaired) electrons. The molecule has 0 aromatic heterocycles. The van der Waals surface area contributed by atoms with Crippen molar-refractivity contribution in [3.05, 3.63) is 45.6 Å². The average molecular weight is 178 g/mol. The summed E-state index contributed by atoms with van der Waals surface area (Å²) >= 11 is 0. The van der Waals surface area contributed by atoms with Crippen LogP contribution in [-0.4, -0.2) is 11.1 Å². The summed E-state index contributed by atoms with van der Waals surface area (Å²) < 4.78 is 0. The third-order valence-corrected chi connectivity index (χ3v) is 1.81. The minimum Gasteiger partial charge on any atom is -0.481 e. The fraction of sp³-hybridized carbons (Fsp3) is 0.200. The number of aliphatic carboxylic acids is 1. The zero-order valence-corrected chi connectivity index (χ0v) is 7.28. The number of rotatable bonds is 2. The molecule has 0 aliphatic heterocycles. The van der Waals surface area contributed by atoms with Crippen molar-refractivity contribution in [1.29, 1.82) is 0 Å². The molecule has 1 N–H and O–H groups in total. The van der Waals surface area contributed by atoms with Gasteiger partial charge in [0.1, 0.15) is 0 Å². The summed E-state index contributed by atoms with van der Waals surface area (Å²) in [7, 11) is 0. The van der Waals surface area contributed by atoms with Crippen molar-refractivity contribution >= 4 is 5.97 Å². The third kappa shape index (κ3) is 2.40. The Bertz CT molecular complexity index is 382. The molecule has 1 aromatic rings. The molecule has 0 heterocycles. The first-order chi connectivity index (χ1) is 6.11. The van der Waals surface area contributed by atoms with Crippen LogP contribution in [0.2, 0.25) is 0 Å². The van der Waals surface area contributed by atoms with Gasteiger partial charge in [-0.25, -0.2) is 0 Å². The van der Waals surface area contributed by atoms with Gasteiger partial charge in [0, 0.05) is 5.56 Å². The maximum atomic E-state index is 11.3. The summed E-state index contributed by atoms with van der Waals surface area (Å²) in [5, 5.41) is 8.56. The Labute approximate surface area is 75.7 Å². The first-order valence-electron chi connectivity index (χ1n) is 3.92. The van der Waals surface area contributed by atoms with E-state index in [0.29, 0.717) is 5.56 Å². The summed E-state index contributed by atoms with van der Waals surface area (Å²) in [6.07, 6.45) is -0.209. The van der Waals surface area contributed by atoms with Crippen LogP contribution in [0.15, 0.2) is 29.1 Å². The number of aryl methyl sites for hydroxylation is 1. The van der Waals surface area contributed by atoms with E-state index in [-0.39, 0.29) is 11.8 Å². The van der Waals surface area contributed by atoms with E-state index < -0.39 is 5.97 Å².